The van der Waals surface area contributed by atoms with E-state index in [9.17, 15) is 9.59 Å². The molecule has 0 aliphatic carbocycles. The number of hydrogen-bond donors (Lipinski definition) is 1. The minimum absolute atomic E-state index is 0.0439. The van der Waals surface area contributed by atoms with E-state index >= 15 is 0 Å². The van der Waals surface area contributed by atoms with Crippen molar-refractivity contribution in [1.29, 1.82) is 0 Å². The maximum atomic E-state index is 12.5. The third kappa shape index (κ3) is 4.47. The second kappa shape index (κ2) is 6.60. The lowest BCUT2D eigenvalue weighted by molar-refractivity contribution is -0.134. The Balaban J connectivity index is 1.95. The molecule has 2 rings (SSSR count). The Bertz CT molecular complexity index is 592. The Morgan fingerprint density at radius 3 is 2.61 bits per heavy atom. The van der Waals surface area contributed by atoms with E-state index in [0.29, 0.717) is 12.6 Å². The van der Waals surface area contributed by atoms with Crippen molar-refractivity contribution in [3.8, 4) is 0 Å². The first kappa shape index (κ1) is 17.3. The Labute approximate surface area is 138 Å². The standard InChI is InChI=1S/C18H27N3O2/c1-13-10-14-8-6-7-9-15(14)21(13)12-17(23)20(5)11-16(22)19-18(2,3)4/h6-9,13H,10-12H2,1-5H3,(H,19,22)/t13-/m0/s1. The number of benzene rings is 1. The number of hydrogen-bond acceptors (Lipinski definition) is 3. The molecule has 0 fully saturated rings. The van der Waals surface area contributed by atoms with Gasteiger partial charge < -0.3 is 15.1 Å². The van der Waals surface area contributed by atoms with Crippen molar-refractivity contribution >= 4 is 17.5 Å². The largest absolute Gasteiger partial charge is 0.359 e. The minimum Gasteiger partial charge on any atom is -0.359 e. The predicted octanol–water partition coefficient (Wildman–Crippen LogP) is 1.81. The molecule has 1 N–H and O–H groups in total. The fourth-order valence-corrected chi connectivity index (χ4v) is 2.90. The number of carbonyl (C=O) groups is 2. The molecule has 1 atom stereocenters. The van der Waals surface area contributed by atoms with Crippen molar-refractivity contribution < 1.29 is 9.59 Å². The van der Waals surface area contributed by atoms with Crippen LogP contribution in [-0.4, -0.2) is 48.4 Å². The number of rotatable bonds is 4. The molecule has 0 saturated heterocycles. The zero-order valence-corrected chi connectivity index (χ0v) is 14.7. The van der Waals surface area contributed by atoms with Crippen LogP contribution < -0.4 is 10.2 Å². The highest BCUT2D eigenvalue weighted by atomic mass is 16.2. The van der Waals surface area contributed by atoms with E-state index in [-0.39, 0.29) is 23.9 Å². The van der Waals surface area contributed by atoms with Gasteiger partial charge in [-0.2, -0.15) is 0 Å². The third-order valence-corrected chi connectivity index (χ3v) is 3.97. The molecule has 126 valence electrons. The summed E-state index contributed by atoms with van der Waals surface area (Å²) in [4.78, 5) is 28.0. The number of carbonyl (C=O) groups excluding carboxylic acids is 2. The highest BCUT2D eigenvalue weighted by molar-refractivity contribution is 5.87. The molecule has 0 bridgehead atoms. The average Bonchev–Trinajstić information content (AvgIpc) is 2.73. The Morgan fingerprint density at radius 1 is 1.30 bits per heavy atom. The number of anilines is 1. The van der Waals surface area contributed by atoms with Gasteiger partial charge in [-0.1, -0.05) is 18.2 Å². The zero-order valence-electron chi connectivity index (χ0n) is 14.7. The molecule has 1 aliphatic rings. The lowest BCUT2D eigenvalue weighted by Gasteiger charge is -2.28. The topological polar surface area (TPSA) is 52.7 Å². The highest BCUT2D eigenvalue weighted by Gasteiger charge is 2.28. The average molecular weight is 317 g/mol. The molecule has 5 heteroatoms. The number of nitrogens with zero attached hydrogens (tertiary/aromatic N) is 2. The summed E-state index contributed by atoms with van der Waals surface area (Å²) in [5.41, 5.74) is 2.12. The molecule has 1 aromatic rings. The van der Waals surface area contributed by atoms with Gasteiger partial charge in [-0.05, 0) is 45.7 Å². The molecule has 5 nitrogen and oxygen atoms in total. The van der Waals surface area contributed by atoms with Crippen LogP contribution in [0.2, 0.25) is 0 Å². The molecule has 1 aromatic carbocycles. The van der Waals surface area contributed by atoms with Crippen molar-refractivity contribution in [1.82, 2.24) is 10.2 Å². The van der Waals surface area contributed by atoms with E-state index in [0.717, 1.165) is 12.1 Å². The SMILES string of the molecule is C[C@H]1Cc2ccccc2N1CC(=O)N(C)CC(=O)NC(C)(C)C. The third-order valence-electron chi connectivity index (χ3n) is 3.97. The molecule has 1 aliphatic heterocycles. The molecule has 1 heterocycles. The monoisotopic (exact) mass is 317 g/mol. The number of para-hydroxylation sites is 1. The molecule has 0 aromatic heterocycles. The Morgan fingerprint density at radius 2 is 1.96 bits per heavy atom. The fourth-order valence-electron chi connectivity index (χ4n) is 2.90. The van der Waals surface area contributed by atoms with Crippen LogP contribution >= 0.6 is 0 Å². The molecule has 0 radical (unpaired) electrons. The molecular weight excluding hydrogens is 290 g/mol. The summed E-state index contributed by atoms with van der Waals surface area (Å²) in [6.45, 7) is 8.29. The van der Waals surface area contributed by atoms with Crippen LogP contribution in [0.3, 0.4) is 0 Å². The van der Waals surface area contributed by atoms with E-state index in [2.05, 4.69) is 29.3 Å². The zero-order chi connectivity index (χ0) is 17.2. The van der Waals surface area contributed by atoms with Gasteiger partial charge in [0.25, 0.3) is 0 Å². The molecule has 2 amide bonds. The van der Waals surface area contributed by atoms with Gasteiger partial charge in [0, 0.05) is 24.3 Å². The maximum absolute atomic E-state index is 12.5. The molecule has 0 spiro atoms. The van der Waals surface area contributed by atoms with Crippen LogP contribution in [0.1, 0.15) is 33.3 Å². The normalized spacial score (nSPS) is 16.9. The van der Waals surface area contributed by atoms with Crippen molar-refractivity contribution in [2.24, 2.45) is 0 Å². The number of likely N-dealkylation sites (N-methyl/N-ethyl adjacent to an activating group) is 1. The lowest BCUT2D eigenvalue weighted by Crippen LogP contribution is -2.48. The second-order valence-electron chi connectivity index (χ2n) is 7.36. The molecule has 0 unspecified atom stereocenters. The van der Waals surface area contributed by atoms with Crippen LogP contribution in [0, 0.1) is 0 Å². The van der Waals surface area contributed by atoms with Crippen LogP contribution in [0.4, 0.5) is 5.69 Å². The number of amides is 2. The van der Waals surface area contributed by atoms with Gasteiger partial charge in [-0.25, -0.2) is 0 Å². The van der Waals surface area contributed by atoms with E-state index in [1.807, 2.05) is 32.9 Å². The minimum atomic E-state index is -0.288. The first-order valence-corrected chi connectivity index (χ1v) is 8.07. The van der Waals surface area contributed by atoms with Crippen LogP contribution in [0.5, 0.6) is 0 Å². The van der Waals surface area contributed by atoms with E-state index in [4.69, 9.17) is 0 Å². The van der Waals surface area contributed by atoms with Gasteiger partial charge in [0.05, 0.1) is 13.1 Å². The summed E-state index contributed by atoms with van der Waals surface area (Å²) in [7, 11) is 1.68. The van der Waals surface area contributed by atoms with E-state index < -0.39 is 0 Å². The maximum Gasteiger partial charge on any atom is 0.242 e. The fraction of sp³-hybridized carbons (Fsp3) is 0.556. The Hall–Kier alpha value is -2.04. The van der Waals surface area contributed by atoms with Gasteiger partial charge >= 0.3 is 0 Å². The van der Waals surface area contributed by atoms with E-state index in [1.165, 1.54) is 10.5 Å². The van der Waals surface area contributed by atoms with Crippen molar-refractivity contribution in [2.75, 3.05) is 25.0 Å². The van der Waals surface area contributed by atoms with Crippen molar-refractivity contribution in [3.63, 3.8) is 0 Å². The van der Waals surface area contributed by atoms with Gasteiger partial charge in [0.15, 0.2) is 0 Å². The summed E-state index contributed by atoms with van der Waals surface area (Å²) in [6, 6.07) is 8.48. The van der Waals surface area contributed by atoms with E-state index in [1.54, 1.807) is 7.05 Å². The second-order valence-corrected chi connectivity index (χ2v) is 7.36. The number of nitrogens with one attached hydrogen (secondary N) is 1. The summed E-state index contributed by atoms with van der Waals surface area (Å²) in [6.07, 6.45) is 0.956. The summed E-state index contributed by atoms with van der Waals surface area (Å²) in [5.74, 6) is -0.180. The smallest absolute Gasteiger partial charge is 0.242 e. The van der Waals surface area contributed by atoms with Crippen LogP contribution in [0.25, 0.3) is 0 Å². The highest BCUT2D eigenvalue weighted by Crippen LogP contribution is 2.31. The van der Waals surface area contributed by atoms with Crippen molar-refractivity contribution in [2.45, 2.75) is 45.7 Å². The predicted molar refractivity (Wildman–Crippen MR) is 92.5 cm³/mol. The summed E-state index contributed by atoms with van der Waals surface area (Å²) >= 11 is 0. The van der Waals surface area contributed by atoms with Crippen LogP contribution in [-0.2, 0) is 16.0 Å². The van der Waals surface area contributed by atoms with Gasteiger partial charge in [0.1, 0.15) is 0 Å². The first-order valence-electron chi connectivity index (χ1n) is 8.07. The summed E-state index contributed by atoms with van der Waals surface area (Å²) in [5, 5.41) is 2.88. The first-order chi connectivity index (χ1) is 10.7. The Kier molecular flexibility index (Phi) is 4.97. The van der Waals surface area contributed by atoms with Gasteiger partial charge in [-0.3, -0.25) is 9.59 Å². The molecule has 0 saturated carbocycles. The van der Waals surface area contributed by atoms with Crippen molar-refractivity contribution in [3.05, 3.63) is 29.8 Å². The summed E-state index contributed by atoms with van der Waals surface area (Å²) < 4.78 is 0. The van der Waals surface area contributed by atoms with Gasteiger partial charge in [0.2, 0.25) is 11.8 Å². The number of fused-ring (bicyclic) bond motifs is 1. The molecular formula is C18H27N3O2. The quantitative estimate of drug-likeness (QED) is 0.921. The lowest BCUT2D eigenvalue weighted by atomic mass is 10.1. The van der Waals surface area contributed by atoms with Crippen LogP contribution in [0.15, 0.2) is 24.3 Å². The molecule has 23 heavy (non-hydrogen) atoms. The van der Waals surface area contributed by atoms with Gasteiger partial charge in [-0.15, -0.1) is 0 Å².